The molecule has 2 N–H and O–H groups in total. The summed E-state index contributed by atoms with van der Waals surface area (Å²) in [6.07, 6.45) is 2.10. The third-order valence-electron chi connectivity index (χ3n) is 3.53. The Morgan fingerprint density at radius 1 is 1.27 bits per heavy atom. The van der Waals surface area contributed by atoms with Crippen molar-refractivity contribution in [2.24, 2.45) is 17.3 Å². The molecule has 0 amide bonds. The fourth-order valence-corrected chi connectivity index (χ4v) is 2.96. The first-order valence-corrected chi connectivity index (χ1v) is 5.63. The van der Waals surface area contributed by atoms with Gasteiger partial charge in [-0.15, -0.1) is 0 Å². The van der Waals surface area contributed by atoms with Crippen LogP contribution in [-0.4, -0.2) is 21.8 Å². The van der Waals surface area contributed by atoms with Gasteiger partial charge < -0.3 is 10.2 Å². The van der Waals surface area contributed by atoms with E-state index in [2.05, 4.69) is 13.8 Å². The van der Waals surface area contributed by atoms with Crippen molar-refractivity contribution in [2.75, 3.05) is 0 Å². The minimum Gasteiger partial charge on any atom is -0.481 e. The minimum atomic E-state index is -1.01. The molecule has 3 nitrogen and oxygen atoms in total. The smallest absolute Gasteiger partial charge is 0.309 e. The second-order valence-electron chi connectivity index (χ2n) is 6.00. The number of aliphatic carboxylic acids is 1. The number of carboxylic acids is 1. The molecule has 0 aliphatic heterocycles. The molecular formula is C12H22O3. The van der Waals surface area contributed by atoms with Gasteiger partial charge in [-0.25, -0.2) is 0 Å². The molecule has 0 aromatic heterocycles. The molecule has 0 spiro atoms. The molecule has 2 unspecified atom stereocenters. The number of aliphatic hydroxyl groups is 1. The van der Waals surface area contributed by atoms with Crippen LogP contribution in [-0.2, 0) is 4.79 Å². The van der Waals surface area contributed by atoms with Gasteiger partial charge in [0.05, 0.1) is 11.5 Å². The van der Waals surface area contributed by atoms with Gasteiger partial charge in [0.25, 0.3) is 0 Å². The van der Waals surface area contributed by atoms with E-state index in [1.807, 2.05) is 13.8 Å². The highest BCUT2D eigenvalue weighted by Gasteiger charge is 2.50. The molecule has 15 heavy (non-hydrogen) atoms. The summed E-state index contributed by atoms with van der Waals surface area (Å²) < 4.78 is 0. The molecule has 1 rings (SSSR count). The quantitative estimate of drug-likeness (QED) is 0.757. The molecule has 88 valence electrons. The van der Waals surface area contributed by atoms with Crippen molar-refractivity contribution in [3.8, 4) is 0 Å². The Bertz CT molecular complexity index is 258. The zero-order valence-corrected chi connectivity index (χ0v) is 10.1. The molecule has 1 aliphatic carbocycles. The Kier molecular flexibility index (Phi) is 3.15. The summed E-state index contributed by atoms with van der Waals surface area (Å²) in [5.74, 6) is -1.54. The normalized spacial score (nSPS) is 31.9. The summed E-state index contributed by atoms with van der Waals surface area (Å²) in [6.45, 7) is 7.90. The van der Waals surface area contributed by atoms with Crippen molar-refractivity contribution in [3.63, 3.8) is 0 Å². The largest absolute Gasteiger partial charge is 0.481 e. The Balaban J connectivity index is 2.89. The Labute approximate surface area is 91.5 Å². The van der Waals surface area contributed by atoms with Gasteiger partial charge in [-0.1, -0.05) is 27.7 Å². The lowest BCUT2D eigenvalue weighted by atomic mass is 9.76. The molecule has 0 saturated heterocycles. The first-order chi connectivity index (χ1) is 6.68. The lowest BCUT2D eigenvalue weighted by molar-refractivity contribution is -0.155. The maximum atomic E-state index is 11.2. The summed E-state index contributed by atoms with van der Waals surface area (Å²) in [4.78, 5) is 11.2. The van der Waals surface area contributed by atoms with Crippen molar-refractivity contribution in [1.82, 2.24) is 0 Å². The van der Waals surface area contributed by atoms with E-state index in [0.29, 0.717) is 12.8 Å². The first-order valence-electron chi connectivity index (χ1n) is 5.63. The van der Waals surface area contributed by atoms with Gasteiger partial charge in [0.2, 0.25) is 0 Å². The topological polar surface area (TPSA) is 57.5 Å². The van der Waals surface area contributed by atoms with E-state index in [-0.39, 0.29) is 11.3 Å². The molecule has 2 atom stereocenters. The highest BCUT2D eigenvalue weighted by Crippen LogP contribution is 2.48. The van der Waals surface area contributed by atoms with E-state index in [1.165, 1.54) is 0 Å². The fraction of sp³-hybridized carbons (Fsp3) is 0.917. The molecular weight excluding hydrogens is 192 g/mol. The number of carbonyl (C=O) groups is 1. The number of rotatable bonds is 3. The minimum absolute atomic E-state index is 0.0265. The number of hydrogen-bond donors (Lipinski definition) is 2. The van der Waals surface area contributed by atoms with Gasteiger partial charge in [0, 0.05) is 0 Å². The molecule has 0 bridgehead atoms. The standard InChI is InChI=1S/C12H22O3/c1-8(2)9(10(13)14)12(15)6-5-11(3,4)7-12/h8-9,15H,5-7H2,1-4H3,(H,13,14). The summed E-state index contributed by atoms with van der Waals surface area (Å²) in [7, 11) is 0. The van der Waals surface area contributed by atoms with Gasteiger partial charge in [-0.05, 0) is 30.6 Å². The predicted octanol–water partition coefficient (Wildman–Crippen LogP) is 2.28. The van der Waals surface area contributed by atoms with Crippen molar-refractivity contribution >= 4 is 5.97 Å². The predicted molar refractivity (Wildman–Crippen MR) is 58.5 cm³/mol. The lowest BCUT2D eigenvalue weighted by Gasteiger charge is -2.33. The van der Waals surface area contributed by atoms with E-state index >= 15 is 0 Å². The Hall–Kier alpha value is -0.570. The van der Waals surface area contributed by atoms with E-state index in [4.69, 9.17) is 0 Å². The van der Waals surface area contributed by atoms with Crippen LogP contribution in [0, 0.1) is 17.3 Å². The van der Waals surface area contributed by atoms with Gasteiger partial charge in [0.15, 0.2) is 0 Å². The van der Waals surface area contributed by atoms with Crippen molar-refractivity contribution in [1.29, 1.82) is 0 Å². The van der Waals surface area contributed by atoms with Gasteiger partial charge in [-0.3, -0.25) is 4.79 Å². The van der Waals surface area contributed by atoms with E-state index in [1.54, 1.807) is 0 Å². The average Bonchev–Trinajstić information content (AvgIpc) is 2.23. The van der Waals surface area contributed by atoms with Gasteiger partial charge >= 0.3 is 5.97 Å². The SMILES string of the molecule is CC(C)C(C(=O)O)C1(O)CCC(C)(C)C1. The van der Waals surface area contributed by atoms with Crippen molar-refractivity contribution in [2.45, 2.75) is 52.6 Å². The van der Waals surface area contributed by atoms with Crippen LogP contribution in [0.5, 0.6) is 0 Å². The zero-order valence-electron chi connectivity index (χ0n) is 10.1. The zero-order chi connectivity index (χ0) is 11.9. The third kappa shape index (κ3) is 2.51. The average molecular weight is 214 g/mol. The lowest BCUT2D eigenvalue weighted by Crippen LogP contribution is -2.43. The van der Waals surface area contributed by atoms with E-state index in [0.717, 1.165) is 6.42 Å². The molecule has 0 heterocycles. The maximum Gasteiger partial charge on any atom is 0.309 e. The van der Waals surface area contributed by atoms with Gasteiger partial charge in [-0.2, -0.15) is 0 Å². The summed E-state index contributed by atoms with van der Waals surface area (Å²) >= 11 is 0. The fourth-order valence-electron chi connectivity index (χ4n) is 2.96. The maximum absolute atomic E-state index is 11.2. The van der Waals surface area contributed by atoms with Crippen LogP contribution in [0.1, 0.15) is 47.0 Å². The third-order valence-corrected chi connectivity index (χ3v) is 3.53. The second kappa shape index (κ2) is 3.78. The van der Waals surface area contributed by atoms with Crippen LogP contribution >= 0.6 is 0 Å². The summed E-state index contributed by atoms with van der Waals surface area (Å²) in [5.41, 5.74) is -0.944. The van der Waals surface area contributed by atoms with E-state index < -0.39 is 17.5 Å². The molecule has 1 saturated carbocycles. The van der Waals surface area contributed by atoms with Crippen LogP contribution in [0.3, 0.4) is 0 Å². The van der Waals surface area contributed by atoms with Crippen molar-refractivity contribution < 1.29 is 15.0 Å². The van der Waals surface area contributed by atoms with Crippen molar-refractivity contribution in [3.05, 3.63) is 0 Å². The number of carboxylic acid groups (broad SMARTS) is 1. The van der Waals surface area contributed by atoms with Gasteiger partial charge in [0.1, 0.15) is 0 Å². The van der Waals surface area contributed by atoms with Crippen LogP contribution in [0.15, 0.2) is 0 Å². The molecule has 1 fully saturated rings. The van der Waals surface area contributed by atoms with Crippen LogP contribution in [0.25, 0.3) is 0 Å². The van der Waals surface area contributed by atoms with Crippen LogP contribution in [0.4, 0.5) is 0 Å². The molecule has 0 aromatic carbocycles. The van der Waals surface area contributed by atoms with Crippen LogP contribution < -0.4 is 0 Å². The molecule has 3 heteroatoms. The summed E-state index contributed by atoms with van der Waals surface area (Å²) in [6, 6.07) is 0. The second-order valence-corrected chi connectivity index (χ2v) is 6.00. The Morgan fingerprint density at radius 3 is 2.07 bits per heavy atom. The summed E-state index contributed by atoms with van der Waals surface area (Å²) in [5, 5.41) is 19.6. The highest BCUT2D eigenvalue weighted by atomic mass is 16.4. The molecule has 1 aliphatic rings. The monoisotopic (exact) mass is 214 g/mol. The highest BCUT2D eigenvalue weighted by molar-refractivity contribution is 5.72. The Morgan fingerprint density at radius 2 is 1.80 bits per heavy atom. The van der Waals surface area contributed by atoms with E-state index in [9.17, 15) is 15.0 Å². The van der Waals surface area contributed by atoms with Crippen LogP contribution in [0.2, 0.25) is 0 Å². The molecule has 0 radical (unpaired) electrons. The molecule has 0 aromatic rings. The number of hydrogen-bond acceptors (Lipinski definition) is 2. The first kappa shape index (κ1) is 12.5.